The molecule has 0 aliphatic rings. The Morgan fingerprint density at radius 1 is 1.12 bits per heavy atom. The van der Waals surface area contributed by atoms with Crippen LogP contribution in [-0.4, -0.2) is 35.1 Å². The number of carboxylic acids is 1. The number of hydrogen-bond acceptors (Lipinski definition) is 2. The molecule has 3 nitrogen and oxygen atoms in total. The van der Waals surface area contributed by atoms with Crippen molar-refractivity contribution in [3.8, 4) is 0 Å². The molecule has 0 heterocycles. The number of aliphatic carboxylic acids is 1. The fourth-order valence-corrected chi connectivity index (χ4v) is 2.32. The third-order valence-electron chi connectivity index (χ3n) is 3.30. The lowest BCUT2D eigenvalue weighted by Crippen LogP contribution is -2.53. The average Bonchev–Trinajstić information content (AvgIpc) is 2.24. The molecular formula is C13H27NO2. The Morgan fingerprint density at radius 2 is 1.62 bits per heavy atom. The van der Waals surface area contributed by atoms with Crippen molar-refractivity contribution in [1.29, 1.82) is 0 Å². The first kappa shape index (κ1) is 15.4. The summed E-state index contributed by atoms with van der Waals surface area (Å²) >= 11 is 0. The van der Waals surface area contributed by atoms with E-state index in [0.29, 0.717) is 0 Å². The van der Waals surface area contributed by atoms with Crippen LogP contribution in [0.1, 0.15) is 59.3 Å². The van der Waals surface area contributed by atoms with Crippen LogP contribution >= 0.6 is 0 Å². The molecule has 0 spiro atoms. The molecule has 1 N–H and O–H groups in total. The lowest BCUT2D eigenvalue weighted by Gasteiger charge is -2.38. The standard InChI is InChI=1S/C13H27NO2/c1-5-8-11-14(4)13(9-6-2,10-7-3)12(15)16/h5-11H2,1-4H3,(H,15,16). The zero-order valence-electron chi connectivity index (χ0n) is 11.3. The first-order valence-electron chi connectivity index (χ1n) is 6.49. The van der Waals surface area contributed by atoms with Crippen molar-refractivity contribution in [1.82, 2.24) is 4.90 Å². The van der Waals surface area contributed by atoms with E-state index in [1.165, 1.54) is 0 Å². The van der Waals surface area contributed by atoms with Gasteiger partial charge in [-0.15, -0.1) is 0 Å². The van der Waals surface area contributed by atoms with Gasteiger partial charge in [0.15, 0.2) is 0 Å². The summed E-state index contributed by atoms with van der Waals surface area (Å²) < 4.78 is 0. The van der Waals surface area contributed by atoms with Crippen molar-refractivity contribution in [3.63, 3.8) is 0 Å². The second kappa shape index (κ2) is 7.66. The molecule has 0 amide bonds. The van der Waals surface area contributed by atoms with Gasteiger partial charge in [0.1, 0.15) is 5.54 Å². The van der Waals surface area contributed by atoms with Crippen molar-refractivity contribution in [2.24, 2.45) is 0 Å². The van der Waals surface area contributed by atoms with Crippen molar-refractivity contribution >= 4 is 5.97 Å². The fourth-order valence-electron chi connectivity index (χ4n) is 2.32. The molecule has 0 aromatic carbocycles. The summed E-state index contributed by atoms with van der Waals surface area (Å²) in [6.45, 7) is 7.13. The van der Waals surface area contributed by atoms with Crippen LogP contribution in [0.25, 0.3) is 0 Å². The number of likely N-dealkylation sites (N-methyl/N-ethyl adjacent to an activating group) is 1. The third-order valence-corrected chi connectivity index (χ3v) is 3.30. The van der Waals surface area contributed by atoms with E-state index in [1.807, 2.05) is 11.9 Å². The van der Waals surface area contributed by atoms with E-state index >= 15 is 0 Å². The van der Waals surface area contributed by atoms with E-state index in [1.54, 1.807) is 0 Å². The molecule has 0 aliphatic carbocycles. The van der Waals surface area contributed by atoms with Crippen LogP contribution in [0, 0.1) is 0 Å². The Hall–Kier alpha value is -0.570. The van der Waals surface area contributed by atoms with Crippen LogP contribution in [0.2, 0.25) is 0 Å². The predicted octanol–water partition coefficient (Wildman–Crippen LogP) is 3.14. The highest BCUT2D eigenvalue weighted by molar-refractivity contribution is 5.78. The molecule has 0 radical (unpaired) electrons. The molecule has 0 aliphatic heterocycles. The summed E-state index contributed by atoms with van der Waals surface area (Å²) in [5.74, 6) is -0.658. The smallest absolute Gasteiger partial charge is 0.324 e. The highest BCUT2D eigenvalue weighted by atomic mass is 16.4. The van der Waals surface area contributed by atoms with Crippen molar-refractivity contribution in [3.05, 3.63) is 0 Å². The largest absolute Gasteiger partial charge is 0.480 e. The van der Waals surface area contributed by atoms with Gasteiger partial charge in [0.05, 0.1) is 0 Å². The fraction of sp³-hybridized carbons (Fsp3) is 0.923. The molecule has 0 unspecified atom stereocenters. The van der Waals surface area contributed by atoms with Gasteiger partial charge in [-0.2, -0.15) is 0 Å². The summed E-state index contributed by atoms with van der Waals surface area (Å²) in [6.07, 6.45) is 5.51. The van der Waals surface area contributed by atoms with Crippen LogP contribution in [0.3, 0.4) is 0 Å². The van der Waals surface area contributed by atoms with Gasteiger partial charge in [-0.3, -0.25) is 9.69 Å². The number of carbonyl (C=O) groups is 1. The maximum absolute atomic E-state index is 11.6. The normalized spacial score (nSPS) is 12.1. The highest BCUT2D eigenvalue weighted by Crippen LogP contribution is 2.27. The molecule has 0 aromatic heterocycles. The Labute approximate surface area is 99.8 Å². The molecule has 0 fully saturated rings. The molecule has 0 saturated heterocycles. The Bertz CT molecular complexity index is 198. The lowest BCUT2D eigenvalue weighted by atomic mass is 9.87. The van der Waals surface area contributed by atoms with Gasteiger partial charge in [0.2, 0.25) is 0 Å². The molecule has 0 rings (SSSR count). The molecule has 0 saturated carbocycles. The van der Waals surface area contributed by atoms with Crippen LogP contribution in [0.4, 0.5) is 0 Å². The predicted molar refractivity (Wildman–Crippen MR) is 67.7 cm³/mol. The SMILES string of the molecule is CCCCN(C)C(CCC)(CCC)C(=O)O. The summed E-state index contributed by atoms with van der Waals surface area (Å²) in [4.78, 5) is 13.6. The minimum absolute atomic E-state index is 0.640. The van der Waals surface area contributed by atoms with Gasteiger partial charge >= 0.3 is 5.97 Å². The minimum Gasteiger partial charge on any atom is -0.480 e. The monoisotopic (exact) mass is 229 g/mol. The number of hydrogen-bond donors (Lipinski definition) is 1. The second-order valence-corrected chi connectivity index (χ2v) is 4.61. The van der Waals surface area contributed by atoms with Crippen LogP contribution in [0.5, 0.6) is 0 Å². The van der Waals surface area contributed by atoms with E-state index in [-0.39, 0.29) is 0 Å². The molecular weight excluding hydrogens is 202 g/mol. The third kappa shape index (κ3) is 3.78. The minimum atomic E-state index is -0.658. The van der Waals surface area contributed by atoms with Crippen LogP contribution < -0.4 is 0 Å². The van der Waals surface area contributed by atoms with Gasteiger partial charge < -0.3 is 5.11 Å². The number of rotatable bonds is 9. The Morgan fingerprint density at radius 3 is 1.94 bits per heavy atom. The number of unbranched alkanes of at least 4 members (excludes halogenated alkanes) is 1. The molecule has 0 aromatic rings. The van der Waals surface area contributed by atoms with E-state index in [9.17, 15) is 9.90 Å². The average molecular weight is 229 g/mol. The van der Waals surface area contributed by atoms with E-state index < -0.39 is 11.5 Å². The zero-order chi connectivity index (χ0) is 12.6. The van der Waals surface area contributed by atoms with E-state index in [0.717, 1.165) is 45.1 Å². The molecule has 96 valence electrons. The van der Waals surface area contributed by atoms with Gasteiger partial charge in [0.25, 0.3) is 0 Å². The maximum atomic E-state index is 11.6. The lowest BCUT2D eigenvalue weighted by molar-refractivity contribution is -0.152. The maximum Gasteiger partial charge on any atom is 0.324 e. The number of nitrogens with zero attached hydrogens (tertiary/aromatic N) is 1. The molecule has 0 atom stereocenters. The van der Waals surface area contributed by atoms with Crippen molar-refractivity contribution in [2.75, 3.05) is 13.6 Å². The molecule has 0 bridgehead atoms. The Balaban J connectivity index is 4.77. The van der Waals surface area contributed by atoms with Crippen molar-refractivity contribution in [2.45, 2.75) is 64.8 Å². The van der Waals surface area contributed by atoms with Gasteiger partial charge in [-0.05, 0) is 32.9 Å². The summed E-state index contributed by atoms with van der Waals surface area (Å²) in [7, 11) is 1.95. The van der Waals surface area contributed by atoms with Gasteiger partial charge in [-0.1, -0.05) is 40.0 Å². The van der Waals surface area contributed by atoms with Crippen LogP contribution in [-0.2, 0) is 4.79 Å². The topological polar surface area (TPSA) is 40.5 Å². The molecule has 16 heavy (non-hydrogen) atoms. The quantitative estimate of drug-likeness (QED) is 0.660. The van der Waals surface area contributed by atoms with Gasteiger partial charge in [0, 0.05) is 0 Å². The van der Waals surface area contributed by atoms with Crippen LogP contribution in [0.15, 0.2) is 0 Å². The molecule has 3 heteroatoms. The summed E-state index contributed by atoms with van der Waals surface area (Å²) in [5, 5.41) is 9.51. The van der Waals surface area contributed by atoms with Crippen molar-refractivity contribution < 1.29 is 9.90 Å². The summed E-state index contributed by atoms with van der Waals surface area (Å²) in [5.41, 5.74) is -0.640. The Kier molecular flexibility index (Phi) is 7.39. The first-order valence-corrected chi connectivity index (χ1v) is 6.49. The first-order chi connectivity index (χ1) is 7.55. The summed E-state index contributed by atoms with van der Waals surface area (Å²) in [6, 6.07) is 0. The van der Waals surface area contributed by atoms with E-state index in [4.69, 9.17) is 0 Å². The second-order valence-electron chi connectivity index (χ2n) is 4.61. The highest BCUT2D eigenvalue weighted by Gasteiger charge is 2.40. The zero-order valence-corrected chi connectivity index (χ0v) is 11.3. The number of carboxylic acid groups (broad SMARTS) is 1. The van der Waals surface area contributed by atoms with Gasteiger partial charge in [-0.25, -0.2) is 0 Å². The van der Waals surface area contributed by atoms with E-state index in [2.05, 4.69) is 20.8 Å².